The Morgan fingerprint density at radius 2 is 2.42 bits per heavy atom. The van der Waals surface area contributed by atoms with E-state index >= 15 is 0 Å². The van der Waals surface area contributed by atoms with Gasteiger partial charge in [0.05, 0.1) is 12.6 Å². The number of aryl methyl sites for hydroxylation is 1. The molecule has 0 spiro atoms. The van der Waals surface area contributed by atoms with E-state index in [1.54, 1.807) is 18.2 Å². The van der Waals surface area contributed by atoms with Crippen LogP contribution in [0.4, 0.5) is 11.8 Å². The van der Waals surface area contributed by atoms with Gasteiger partial charge in [-0.3, -0.25) is 4.79 Å². The van der Waals surface area contributed by atoms with Crippen LogP contribution >= 0.6 is 0 Å². The van der Waals surface area contributed by atoms with Gasteiger partial charge in [-0.25, -0.2) is 4.98 Å². The van der Waals surface area contributed by atoms with Crippen LogP contribution in [0.1, 0.15) is 12.0 Å². The Morgan fingerprint density at radius 3 is 3.16 bits per heavy atom. The number of hydrogen-bond donors (Lipinski definition) is 2. The van der Waals surface area contributed by atoms with Crippen LogP contribution in [0.2, 0.25) is 0 Å². The highest BCUT2D eigenvalue weighted by molar-refractivity contribution is 5.80. The predicted molar refractivity (Wildman–Crippen MR) is 71.7 cm³/mol. The SMILES string of the molecule is COCCN1C[C@H](Nc2nc(N)ncc2C)CC1=O. The van der Waals surface area contributed by atoms with Crippen molar-refractivity contribution < 1.29 is 9.53 Å². The maximum Gasteiger partial charge on any atom is 0.224 e. The second kappa shape index (κ2) is 5.83. The van der Waals surface area contributed by atoms with E-state index in [1.165, 1.54) is 0 Å². The number of aromatic nitrogens is 2. The van der Waals surface area contributed by atoms with E-state index in [0.29, 0.717) is 31.9 Å². The topological polar surface area (TPSA) is 93.4 Å². The molecule has 2 heterocycles. The van der Waals surface area contributed by atoms with E-state index in [4.69, 9.17) is 10.5 Å². The maximum absolute atomic E-state index is 11.8. The number of rotatable bonds is 5. The summed E-state index contributed by atoms with van der Waals surface area (Å²) < 4.78 is 4.99. The van der Waals surface area contributed by atoms with Gasteiger partial charge >= 0.3 is 0 Å². The molecule has 7 heteroatoms. The number of methoxy groups -OCH3 is 1. The van der Waals surface area contributed by atoms with Crippen LogP contribution in [-0.2, 0) is 9.53 Å². The fourth-order valence-corrected chi connectivity index (χ4v) is 2.08. The number of nitrogen functional groups attached to an aromatic ring is 1. The minimum atomic E-state index is 0.0531. The van der Waals surface area contributed by atoms with Crippen molar-refractivity contribution in [3.8, 4) is 0 Å². The first-order chi connectivity index (χ1) is 9.10. The Morgan fingerprint density at radius 1 is 1.63 bits per heavy atom. The molecule has 1 amide bonds. The summed E-state index contributed by atoms with van der Waals surface area (Å²) in [6.07, 6.45) is 2.14. The molecule has 0 saturated carbocycles. The largest absolute Gasteiger partial charge is 0.383 e. The zero-order chi connectivity index (χ0) is 13.8. The molecule has 0 aliphatic carbocycles. The lowest BCUT2D eigenvalue weighted by Gasteiger charge is -2.17. The molecular formula is C12H19N5O2. The van der Waals surface area contributed by atoms with Crippen molar-refractivity contribution in [2.24, 2.45) is 0 Å². The third kappa shape index (κ3) is 3.31. The fraction of sp³-hybridized carbons (Fsp3) is 0.583. The molecule has 1 atom stereocenters. The van der Waals surface area contributed by atoms with Crippen molar-refractivity contribution in [3.63, 3.8) is 0 Å². The van der Waals surface area contributed by atoms with Gasteiger partial charge in [0.25, 0.3) is 0 Å². The second-order valence-corrected chi connectivity index (χ2v) is 4.64. The molecule has 2 rings (SSSR count). The number of nitrogens with one attached hydrogen (secondary N) is 1. The van der Waals surface area contributed by atoms with Crippen LogP contribution in [-0.4, -0.2) is 53.6 Å². The lowest BCUT2D eigenvalue weighted by atomic mass is 10.2. The van der Waals surface area contributed by atoms with Crippen molar-refractivity contribution in [1.82, 2.24) is 14.9 Å². The van der Waals surface area contributed by atoms with Gasteiger partial charge in [-0.1, -0.05) is 0 Å². The number of carbonyl (C=O) groups excluding carboxylic acids is 1. The monoisotopic (exact) mass is 265 g/mol. The van der Waals surface area contributed by atoms with Crippen molar-refractivity contribution in [1.29, 1.82) is 0 Å². The zero-order valence-corrected chi connectivity index (χ0v) is 11.2. The van der Waals surface area contributed by atoms with Gasteiger partial charge in [0.15, 0.2) is 0 Å². The Hall–Kier alpha value is -1.89. The van der Waals surface area contributed by atoms with Gasteiger partial charge in [0.1, 0.15) is 5.82 Å². The zero-order valence-electron chi connectivity index (χ0n) is 11.2. The van der Waals surface area contributed by atoms with Gasteiger partial charge in [-0.05, 0) is 6.92 Å². The smallest absolute Gasteiger partial charge is 0.224 e. The van der Waals surface area contributed by atoms with Gasteiger partial charge in [0.2, 0.25) is 11.9 Å². The standard InChI is InChI=1S/C12H19N5O2/c1-8-6-14-12(13)16-11(8)15-9-5-10(18)17(7-9)3-4-19-2/h6,9H,3-5,7H2,1-2H3,(H3,13,14,15,16)/t9-/m1/s1. The molecule has 0 radical (unpaired) electrons. The summed E-state index contributed by atoms with van der Waals surface area (Å²) in [4.78, 5) is 21.7. The molecule has 1 fully saturated rings. The molecule has 7 nitrogen and oxygen atoms in total. The number of likely N-dealkylation sites (tertiary alicyclic amines) is 1. The molecule has 0 unspecified atom stereocenters. The number of nitrogens with zero attached hydrogens (tertiary/aromatic N) is 3. The summed E-state index contributed by atoms with van der Waals surface area (Å²) in [6, 6.07) is 0.0531. The summed E-state index contributed by atoms with van der Waals surface area (Å²) in [5, 5.41) is 3.25. The molecule has 19 heavy (non-hydrogen) atoms. The van der Waals surface area contributed by atoms with E-state index in [9.17, 15) is 4.79 Å². The number of amides is 1. The second-order valence-electron chi connectivity index (χ2n) is 4.64. The molecule has 1 aromatic rings. The van der Waals surface area contributed by atoms with E-state index in [-0.39, 0.29) is 17.9 Å². The summed E-state index contributed by atoms with van der Waals surface area (Å²) in [6.45, 7) is 3.74. The fourth-order valence-electron chi connectivity index (χ4n) is 2.08. The van der Waals surface area contributed by atoms with Crippen molar-refractivity contribution in [2.45, 2.75) is 19.4 Å². The number of carbonyl (C=O) groups is 1. The first-order valence-electron chi connectivity index (χ1n) is 6.22. The van der Waals surface area contributed by atoms with E-state index in [2.05, 4.69) is 15.3 Å². The number of anilines is 2. The minimum Gasteiger partial charge on any atom is -0.383 e. The maximum atomic E-state index is 11.8. The van der Waals surface area contributed by atoms with Crippen LogP contribution in [0.15, 0.2) is 6.20 Å². The Kier molecular flexibility index (Phi) is 4.16. The minimum absolute atomic E-state index is 0.0531. The van der Waals surface area contributed by atoms with Gasteiger partial charge in [-0.15, -0.1) is 0 Å². The number of hydrogen-bond acceptors (Lipinski definition) is 6. The van der Waals surface area contributed by atoms with Gasteiger partial charge < -0.3 is 20.7 Å². The quantitative estimate of drug-likeness (QED) is 0.780. The third-order valence-corrected chi connectivity index (χ3v) is 3.11. The lowest BCUT2D eigenvalue weighted by Crippen LogP contribution is -2.31. The molecule has 104 valence electrons. The third-order valence-electron chi connectivity index (χ3n) is 3.11. The molecule has 1 saturated heterocycles. The van der Waals surface area contributed by atoms with Gasteiger partial charge in [0, 0.05) is 38.4 Å². The highest BCUT2D eigenvalue weighted by Gasteiger charge is 2.29. The number of nitrogens with two attached hydrogens (primary N) is 1. The molecule has 0 aromatic carbocycles. The first-order valence-corrected chi connectivity index (χ1v) is 6.22. The van der Waals surface area contributed by atoms with E-state index < -0.39 is 0 Å². The average Bonchev–Trinajstić information content (AvgIpc) is 2.72. The average molecular weight is 265 g/mol. The van der Waals surface area contributed by atoms with Crippen LogP contribution in [0, 0.1) is 6.92 Å². The predicted octanol–water partition coefficient (Wildman–Crippen LogP) is 0.0264. The van der Waals surface area contributed by atoms with Crippen LogP contribution < -0.4 is 11.1 Å². The molecule has 1 aliphatic heterocycles. The van der Waals surface area contributed by atoms with Crippen LogP contribution in [0.25, 0.3) is 0 Å². The highest BCUT2D eigenvalue weighted by atomic mass is 16.5. The molecule has 3 N–H and O–H groups in total. The molecule has 1 aromatic heterocycles. The first kappa shape index (κ1) is 13.5. The molecule has 1 aliphatic rings. The number of ether oxygens (including phenoxy) is 1. The molecule has 0 bridgehead atoms. The van der Waals surface area contributed by atoms with Gasteiger partial charge in [-0.2, -0.15) is 4.98 Å². The Bertz CT molecular complexity index is 465. The van der Waals surface area contributed by atoms with E-state index in [1.807, 2.05) is 6.92 Å². The van der Waals surface area contributed by atoms with Crippen molar-refractivity contribution in [2.75, 3.05) is 37.9 Å². The highest BCUT2D eigenvalue weighted by Crippen LogP contribution is 2.18. The van der Waals surface area contributed by atoms with Crippen LogP contribution in [0.3, 0.4) is 0 Å². The van der Waals surface area contributed by atoms with E-state index in [0.717, 1.165) is 5.56 Å². The summed E-state index contributed by atoms with van der Waals surface area (Å²) in [7, 11) is 1.63. The van der Waals surface area contributed by atoms with Crippen molar-refractivity contribution >= 4 is 17.7 Å². The summed E-state index contributed by atoms with van der Waals surface area (Å²) in [5.41, 5.74) is 6.48. The lowest BCUT2D eigenvalue weighted by molar-refractivity contribution is -0.128. The summed E-state index contributed by atoms with van der Waals surface area (Å²) in [5.74, 6) is 1.06. The Labute approximate surface area is 112 Å². The molecular weight excluding hydrogens is 246 g/mol. The Balaban J connectivity index is 1.97. The summed E-state index contributed by atoms with van der Waals surface area (Å²) >= 11 is 0. The van der Waals surface area contributed by atoms with Crippen LogP contribution in [0.5, 0.6) is 0 Å². The normalized spacial score (nSPS) is 18.9. The van der Waals surface area contributed by atoms with Crippen molar-refractivity contribution in [3.05, 3.63) is 11.8 Å².